The summed E-state index contributed by atoms with van der Waals surface area (Å²) in [7, 11) is 0. The van der Waals surface area contributed by atoms with Crippen LogP contribution in [0.2, 0.25) is 0 Å². The first-order valence-electron chi connectivity index (χ1n) is 3.71. The van der Waals surface area contributed by atoms with E-state index >= 15 is 0 Å². The number of oxazole rings is 1. The molecule has 14 heavy (non-hydrogen) atoms. The van der Waals surface area contributed by atoms with Crippen LogP contribution in [0.3, 0.4) is 0 Å². The fraction of sp³-hybridized carbons (Fsp3) is 0.222. The standard InChI is InChI=1S/C6H3N2O2.C2H6.CH3.W/c9-6-8-5-4(10-6)2-1-3-7-5;1-2;;/h2-3H,(H,7,8,9);1-2H3;1H3;/q-1;;-1;+2. The fourth-order valence-electron chi connectivity index (χ4n) is 0.740. The minimum absolute atomic E-state index is 0. The number of aromatic amines is 1. The largest absolute Gasteiger partial charge is 2.00 e. The smallest absolute Gasteiger partial charge is 0.500 e. The molecule has 0 aliphatic rings. The number of aromatic nitrogens is 2. The van der Waals surface area contributed by atoms with Gasteiger partial charge in [0, 0.05) is 5.58 Å². The Hall–Kier alpha value is -0.892. The van der Waals surface area contributed by atoms with E-state index in [1.807, 2.05) is 13.8 Å². The zero-order chi connectivity index (χ0) is 8.97. The van der Waals surface area contributed by atoms with Crippen LogP contribution in [0, 0.1) is 13.5 Å². The Morgan fingerprint density at radius 2 is 2.14 bits per heavy atom. The number of pyridine rings is 1. The number of fused-ring (bicyclic) bond motifs is 1. The second-order valence-electron chi connectivity index (χ2n) is 1.80. The minimum atomic E-state index is -0.484. The Balaban J connectivity index is 0. The van der Waals surface area contributed by atoms with Gasteiger partial charge in [-0.2, -0.15) is 6.07 Å². The van der Waals surface area contributed by atoms with E-state index < -0.39 is 5.76 Å². The number of nitrogens with one attached hydrogen (secondary N) is 1. The summed E-state index contributed by atoms with van der Waals surface area (Å²) in [6, 6.07) is 4.24. The van der Waals surface area contributed by atoms with Gasteiger partial charge in [-0.3, -0.25) is 9.97 Å². The molecule has 0 aliphatic heterocycles. The number of rotatable bonds is 0. The van der Waals surface area contributed by atoms with Gasteiger partial charge in [0.25, 0.3) is 0 Å². The predicted octanol–water partition coefficient (Wildman–Crippen LogP) is 1.79. The Bertz CT molecular complexity index is 372. The molecule has 0 amide bonds. The van der Waals surface area contributed by atoms with Gasteiger partial charge in [-0.1, -0.05) is 20.0 Å². The van der Waals surface area contributed by atoms with Crippen molar-refractivity contribution in [1.82, 2.24) is 9.97 Å². The molecule has 5 heteroatoms. The van der Waals surface area contributed by atoms with Gasteiger partial charge in [0.15, 0.2) is 0 Å². The summed E-state index contributed by atoms with van der Waals surface area (Å²) in [5.74, 6) is -0.484. The molecule has 2 heterocycles. The van der Waals surface area contributed by atoms with E-state index in [1.54, 1.807) is 6.07 Å². The average Bonchev–Trinajstić information content (AvgIpc) is 2.48. The topological polar surface area (TPSA) is 58.9 Å². The van der Waals surface area contributed by atoms with Gasteiger partial charge in [-0.15, -0.1) is 0 Å². The summed E-state index contributed by atoms with van der Waals surface area (Å²) < 4.78 is 4.66. The first-order valence-corrected chi connectivity index (χ1v) is 3.71. The first kappa shape index (κ1) is 15.6. The molecule has 2 rings (SSSR count). The van der Waals surface area contributed by atoms with Crippen molar-refractivity contribution in [2.75, 3.05) is 0 Å². The molecule has 0 atom stereocenters. The van der Waals surface area contributed by atoms with Crippen LogP contribution in [0.15, 0.2) is 21.5 Å². The van der Waals surface area contributed by atoms with Gasteiger partial charge in [0.1, 0.15) is 0 Å². The van der Waals surface area contributed by atoms with E-state index in [4.69, 9.17) is 0 Å². The summed E-state index contributed by atoms with van der Waals surface area (Å²) in [5, 5.41) is 0. The normalized spacial score (nSPS) is 7.86. The third-order valence-corrected chi connectivity index (χ3v) is 1.14. The molecular weight excluding hydrogens is 352 g/mol. The van der Waals surface area contributed by atoms with Crippen LogP contribution in [0.4, 0.5) is 0 Å². The summed E-state index contributed by atoms with van der Waals surface area (Å²) >= 11 is 0. The number of hydrogen-bond acceptors (Lipinski definition) is 3. The SMILES string of the molecule is CC.O=c1[nH]c2nc[c-]cc2o1.[CH3-].[W+2]. The zero-order valence-corrected chi connectivity index (χ0v) is 11.3. The second-order valence-corrected chi connectivity index (χ2v) is 1.80. The Morgan fingerprint density at radius 1 is 1.50 bits per heavy atom. The quantitative estimate of drug-likeness (QED) is 0.726. The van der Waals surface area contributed by atoms with E-state index in [-0.39, 0.29) is 28.5 Å². The molecule has 2 aromatic rings. The third-order valence-electron chi connectivity index (χ3n) is 1.14. The van der Waals surface area contributed by atoms with Crippen molar-refractivity contribution < 1.29 is 25.5 Å². The Kier molecular flexibility index (Phi) is 8.35. The van der Waals surface area contributed by atoms with Crippen molar-refractivity contribution in [2.24, 2.45) is 0 Å². The monoisotopic (exact) mass is 364 g/mol. The van der Waals surface area contributed by atoms with Crippen molar-refractivity contribution >= 4 is 11.2 Å². The molecule has 76 valence electrons. The molecule has 1 N–H and O–H groups in total. The van der Waals surface area contributed by atoms with E-state index in [0.717, 1.165) is 0 Å². The average molecular weight is 364 g/mol. The van der Waals surface area contributed by atoms with E-state index in [2.05, 4.69) is 20.5 Å². The molecule has 0 aromatic carbocycles. The molecule has 0 radical (unpaired) electrons. The van der Waals surface area contributed by atoms with Crippen molar-refractivity contribution in [2.45, 2.75) is 13.8 Å². The van der Waals surface area contributed by atoms with Crippen molar-refractivity contribution in [3.63, 3.8) is 0 Å². The van der Waals surface area contributed by atoms with Crippen LogP contribution in [0.1, 0.15) is 13.8 Å². The Morgan fingerprint density at radius 3 is 2.71 bits per heavy atom. The molecule has 0 bridgehead atoms. The van der Waals surface area contributed by atoms with Crippen LogP contribution in [-0.4, -0.2) is 9.97 Å². The summed E-state index contributed by atoms with van der Waals surface area (Å²) in [4.78, 5) is 16.7. The molecular formula is C9H12N2O2W. The first-order chi connectivity index (χ1) is 5.86. The molecule has 0 spiro atoms. The van der Waals surface area contributed by atoms with Crippen LogP contribution >= 0.6 is 0 Å². The molecule has 4 nitrogen and oxygen atoms in total. The van der Waals surface area contributed by atoms with Crippen LogP contribution in [-0.2, 0) is 21.1 Å². The molecule has 0 fully saturated rings. The fourth-order valence-corrected chi connectivity index (χ4v) is 0.740. The van der Waals surface area contributed by atoms with Crippen molar-refractivity contribution in [3.05, 3.63) is 36.3 Å². The van der Waals surface area contributed by atoms with E-state index in [0.29, 0.717) is 11.2 Å². The predicted molar refractivity (Wildman–Crippen MR) is 51.2 cm³/mol. The minimum Gasteiger partial charge on any atom is -0.500 e. The van der Waals surface area contributed by atoms with Gasteiger partial charge >= 0.3 is 26.8 Å². The van der Waals surface area contributed by atoms with Gasteiger partial charge < -0.3 is 11.8 Å². The van der Waals surface area contributed by atoms with Gasteiger partial charge in [0.05, 0.1) is 5.65 Å². The van der Waals surface area contributed by atoms with Gasteiger partial charge in [0.2, 0.25) is 0 Å². The Labute approximate surface area is 97.0 Å². The number of nitrogens with zero attached hydrogens (tertiary/aromatic N) is 1. The van der Waals surface area contributed by atoms with Gasteiger partial charge in [-0.05, 0) is 0 Å². The maximum atomic E-state index is 10.5. The van der Waals surface area contributed by atoms with Crippen molar-refractivity contribution in [3.8, 4) is 0 Å². The third kappa shape index (κ3) is 3.46. The summed E-state index contributed by atoms with van der Waals surface area (Å²) in [6.45, 7) is 4.00. The zero-order valence-electron chi connectivity index (χ0n) is 8.33. The maximum Gasteiger partial charge on any atom is 2.00 e. The molecule has 0 aliphatic carbocycles. The molecule has 0 saturated heterocycles. The van der Waals surface area contributed by atoms with Crippen molar-refractivity contribution in [1.29, 1.82) is 0 Å². The number of hydrogen-bond donors (Lipinski definition) is 1. The maximum absolute atomic E-state index is 10.5. The molecule has 0 unspecified atom stereocenters. The molecule has 2 aromatic heterocycles. The molecule has 0 saturated carbocycles. The van der Waals surface area contributed by atoms with E-state index in [9.17, 15) is 4.79 Å². The summed E-state index contributed by atoms with van der Waals surface area (Å²) in [5.41, 5.74) is 0.899. The van der Waals surface area contributed by atoms with Crippen LogP contribution in [0.5, 0.6) is 0 Å². The number of H-pyrrole nitrogens is 1. The van der Waals surface area contributed by atoms with Crippen LogP contribution < -0.4 is 5.76 Å². The van der Waals surface area contributed by atoms with Gasteiger partial charge in [-0.25, -0.2) is 10.9 Å². The van der Waals surface area contributed by atoms with E-state index in [1.165, 1.54) is 6.20 Å². The van der Waals surface area contributed by atoms with Crippen LogP contribution in [0.25, 0.3) is 11.2 Å². The second kappa shape index (κ2) is 7.51. The summed E-state index contributed by atoms with van der Waals surface area (Å²) in [6.07, 6.45) is 1.47.